The van der Waals surface area contributed by atoms with Crippen LogP contribution in [0.5, 0.6) is 17.2 Å². The lowest BCUT2D eigenvalue weighted by Gasteiger charge is -2.27. The first-order valence-electron chi connectivity index (χ1n) is 6.29. The van der Waals surface area contributed by atoms with Crippen molar-refractivity contribution in [2.45, 2.75) is 18.8 Å². The van der Waals surface area contributed by atoms with Gasteiger partial charge in [0, 0.05) is 5.56 Å². The van der Waals surface area contributed by atoms with Crippen molar-refractivity contribution in [3.63, 3.8) is 0 Å². The number of piperidine rings is 1. The topological polar surface area (TPSA) is 50.7 Å². The van der Waals surface area contributed by atoms with E-state index in [2.05, 4.69) is 5.32 Å². The number of benzene rings is 1. The van der Waals surface area contributed by atoms with Gasteiger partial charge in [0.2, 0.25) is 0 Å². The highest BCUT2D eigenvalue weighted by atomic mass is 35.5. The normalized spacial score (nSPS) is 19.8. The lowest BCUT2D eigenvalue weighted by molar-refractivity contribution is 0.170. The summed E-state index contributed by atoms with van der Waals surface area (Å²) in [4.78, 5) is 0. The van der Waals surface area contributed by atoms with Crippen LogP contribution in [0.1, 0.15) is 24.3 Å². The highest BCUT2D eigenvalue weighted by Crippen LogP contribution is 2.48. The van der Waals surface area contributed by atoms with E-state index in [1.165, 1.54) is 0 Å². The van der Waals surface area contributed by atoms with Crippen LogP contribution < -0.4 is 14.8 Å². The van der Waals surface area contributed by atoms with Gasteiger partial charge in [-0.2, -0.15) is 0 Å². The number of halogens is 1. The van der Waals surface area contributed by atoms with Gasteiger partial charge < -0.3 is 19.9 Å². The van der Waals surface area contributed by atoms with E-state index in [1.807, 2.05) is 6.07 Å². The lowest BCUT2D eigenvalue weighted by atomic mass is 9.89. The predicted octanol–water partition coefficient (Wildman–Crippen LogP) is 2.28. The molecule has 0 saturated carbocycles. The maximum absolute atomic E-state index is 10.2. The molecule has 0 aromatic heterocycles. The molecule has 5 heteroatoms. The number of rotatable bonds is 1. The second-order valence-electron chi connectivity index (χ2n) is 4.68. The molecule has 2 N–H and O–H groups in total. The van der Waals surface area contributed by atoms with Crippen LogP contribution in [0.15, 0.2) is 6.07 Å². The summed E-state index contributed by atoms with van der Waals surface area (Å²) in [6.45, 7) is 2.94. The molecule has 1 aromatic rings. The Kier molecular flexibility index (Phi) is 3.22. The van der Waals surface area contributed by atoms with Gasteiger partial charge in [-0.05, 0) is 37.9 Å². The van der Waals surface area contributed by atoms with Crippen molar-refractivity contribution in [3.8, 4) is 17.2 Å². The third-order valence-electron chi connectivity index (χ3n) is 3.56. The standard InChI is InChI=1S/C13H16ClNO3/c14-11-12(16)9(8-1-3-15-4-2-8)7-10-13(11)18-6-5-17-10/h7-8,15-16H,1-6H2. The third kappa shape index (κ3) is 1.99. The number of phenols is 1. The first kappa shape index (κ1) is 11.9. The quantitative estimate of drug-likeness (QED) is 0.821. The molecule has 4 nitrogen and oxygen atoms in total. The molecule has 98 valence electrons. The van der Waals surface area contributed by atoms with Crippen molar-refractivity contribution in [2.75, 3.05) is 26.3 Å². The zero-order valence-corrected chi connectivity index (χ0v) is 10.8. The summed E-state index contributed by atoms with van der Waals surface area (Å²) in [7, 11) is 0. The summed E-state index contributed by atoms with van der Waals surface area (Å²) in [5.41, 5.74) is 0.880. The number of nitrogens with one attached hydrogen (secondary N) is 1. The highest BCUT2D eigenvalue weighted by Gasteiger charge is 2.26. The molecule has 1 saturated heterocycles. The van der Waals surface area contributed by atoms with E-state index in [4.69, 9.17) is 21.1 Å². The van der Waals surface area contributed by atoms with Crippen molar-refractivity contribution in [1.82, 2.24) is 5.32 Å². The number of phenolic OH excluding ortho intramolecular Hbond substituents is 1. The van der Waals surface area contributed by atoms with Crippen molar-refractivity contribution in [2.24, 2.45) is 0 Å². The van der Waals surface area contributed by atoms with Crippen LogP contribution in [0.3, 0.4) is 0 Å². The van der Waals surface area contributed by atoms with Crippen LogP contribution >= 0.6 is 11.6 Å². The fraction of sp³-hybridized carbons (Fsp3) is 0.538. The monoisotopic (exact) mass is 269 g/mol. The molecule has 0 aliphatic carbocycles. The minimum Gasteiger partial charge on any atom is -0.506 e. The molecule has 18 heavy (non-hydrogen) atoms. The Morgan fingerprint density at radius 3 is 2.72 bits per heavy atom. The molecule has 0 radical (unpaired) electrons. The minimum absolute atomic E-state index is 0.146. The molecule has 0 atom stereocenters. The molecule has 1 fully saturated rings. The van der Waals surface area contributed by atoms with Crippen molar-refractivity contribution in [1.29, 1.82) is 0 Å². The average molecular weight is 270 g/mol. The van der Waals surface area contributed by atoms with Gasteiger partial charge in [0.1, 0.15) is 24.0 Å². The molecular formula is C13H16ClNO3. The Hall–Kier alpha value is -1.13. The van der Waals surface area contributed by atoms with E-state index >= 15 is 0 Å². The molecule has 2 aliphatic rings. The van der Waals surface area contributed by atoms with Gasteiger partial charge in [0.05, 0.1) is 0 Å². The summed E-state index contributed by atoms with van der Waals surface area (Å²) < 4.78 is 11.0. The number of fused-ring (bicyclic) bond motifs is 1. The van der Waals surface area contributed by atoms with E-state index in [1.54, 1.807) is 0 Å². The van der Waals surface area contributed by atoms with Crippen LogP contribution in [0.4, 0.5) is 0 Å². The van der Waals surface area contributed by atoms with Crippen molar-refractivity contribution < 1.29 is 14.6 Å². The van der Waals surface area contributed by atoms with Gasteiger partial charge in [0.15, 0.2) is 11.5 Å². The molecule has 3 rings (SSSR count). The zero-order valence-electron chi connectivity index (χ0n) is 10.0. The number of aromatic hydroxyl groups is 1. The Morgan fingerprint density at radius 1 is 1.22 bits per heavy atom. The molecule has 1 aromatic carbocycles. The summed E-state index contributed by atoms with van der Waals surface area (Å²) in [5, 5.41) is 13.8. The number of hydrogen-bond acceptors (Lipinski definition) is 4. The van der Waals surface area contributed by atoms with E-state index in [0.29, 0.717) is 30.6 Å². The Bertz CT molecular complexity index is 458. The first-order valence-corrected chi connectivity index (χ1v) is 6.67. The van der Waals surface area contributed by atoms with Crippen molar-refractivity contribution >= 4 is 11.6 Å². The van der Waals surface area contributed by atoms with Crippen LogP contribution in [-0.4, -0.2) is 31.4 Å². The van der Waals surface area contributed by atoms with Gasteiger partial charge in [-0.3, -0.25) is 0 Å². The highest BCUT2D eigenvalue weighted by molar-refractivity contribution is 6.34. The summed E-state index contributed by atoms with van der Waals surface area (Å²) >= 11 is 6.16. The van der Waals surface area contributed by atoms with Crippen LogP contribution in [-0.2, 0) is 0 Å². The maximum atomic E-state index is 10.2. The van der Waals surface area contributed by atoms with Crippen LogP contribution in [0, 0.1) is 0 Å². The Balaban J connectivity index is 2.01. The largest absolute Gasteiger partial charge is 0.506 e. The van der Waals surface area contributed by atoms with Crippen molar-refractivity contribution in [3.05, 3.63) is 16.7 Å². The number of ether oxygens (including phenoxy) is 2. The molecule has 0 unspecified atom stereocenters. The van der Waals surface area contributed by atoms with E-state index in [9.17, 15) is 5.11 Å². The third-order valence-corrected chi connectivity index (χ3v) is 3.91. The average Bonchev–Trinajstić information content (AvgIpc) is 2.44. The summed E-state index contributed by atoms with van der Waals surface area (Å²) in [6.07, 6.45) is 2.01. The summed E-state index contributed by atoms with van der Waals surface area (Å²) in [5.74, 6) is 1.60. The Labute approximate surface area is 111 Å². The molecule has 0 spiro atoms. The molecule has 0 amide bonds. The summed E-state index contributed by atoms with van der Waals surface area (Å²) in [6, 6.07) is 1.88. The molecule has 0 bridgehead atoms. The molecule has 2 aliphatic heterocycles. The smallest absolute Gasteiger partial charge is 0.183 e. The lowest BCUT2D eigenvalue weighted by Crippen LogP contribution is -2.26. The maximum Gasteiger partial charge on any atom is 0.183 e. The fourth-order valence-corrected chi connectivity index (χ4v) is 2.86. The van der Waals surface area contributed by atoms with Gasteiger partial charge in [-0.25, -0.2) is 0 Å². The molecule has 2 heterocycles. The number of hydrogen-bond donors (Lipinski definition) is 2. The van der Waals surface area contributed by atoms with Gasteiger partial charge in [-0.15, -0.1) is 0 Å². The second-order valence-corrected chi connectivity index (χ2v) is 5.05. The second kappa shape index (κ2) is 4.86. The van der Waals surface area contributed by atoms with Crippen LogP contribution in [0.25, 0.3) is 0 Å². The van der Waals surface area contributed by atoms with Gasteiger partial charge >= 0.3 is 0 Å². The predicted molar refractivity (Wildman–Crippen MR) is 69.0 cm³/mol. The SMILES string of the molecule is Oc1c(C2CCNCC2)cc2c(c1Cl)OCCO2. The van der Waals surface area contributed by atoms with E-state index in [-0.39, 0.29) is 10.8 Å². The first-order chi connectivity index (χ1) is 8.77. The van der Waals surface area contributed by atoms with E-state index < -0.39 is 0 Å². The van der Waals surface area contributed by atoms with E-state index in [0.717, 1.165) is 31.5 Å². The fourth-order valence-electron chi connectivity index (χ4n) is 2.60. The zero-order chi connectivity index (χ0) is 12.5. The van der Waals surface area contributed by atoms with Gasteiger partial charge in [0.25, 0.3) is 0 Å². The molecular weight excluding hydrogens is 254 g/mol. The van der Waals surface area contributed by atoms with Crippen LogP contribution in [0.2, 0.25) is 5.02 Å². The Morgan fingerprint density at radius 2 is 1.94 bits per heavy atom. The van der Waals surface area contributed by atoms with Gasteiger partial charge in [-0.1, -0.05) is 11.6 Å². The minimum atomic E-state index is 0.146.